The van der Waals surface area contributed by atoms with Crippen LogP contribution in [0.4, 0.5) is 5.69 Å². The van der Waals surface area contributed by atoms with E-state index < -0.39 is 17.9 Å². The van der Waals surface area contributed by atoms with Gasteiger partial charge in [0.05, 0.1) is 42.9 Å². The predicted molar refractivity (Wildman–Crippen MR) is 152 cm³/mol. The Bertz CT molecular complexity index is 1640. The molecule has 0 saturated heterocycles. The molecule has 0 N–H and O–H groups in total. The van der Waals surface area contributed by atoms with Gasteiger partial charge in [-0.05, 0) is 74.4 Å². The number of amides is 1. The highest BCUT2D eigenvalue weighted by atomic mass is 16.5. The van der Waals surface area contributed by atoms with Crippen LogP contribution < -0.4 is 19.8 Å². The van der Waals surface area contributed by atoms with Crippen molar-refractivity contribution < 1.29 is 28.2 Å². The molecule has 40 heavy (non-hydrogen) atoms. The molecule has 0 fully saturated rings. The molecule has 1 aliphatic heterocycles. The Kier molecular flexibility index (Phi) is 7.60. The Hall–Kier alpha value is -4.59. The zero-order valence-corrected chi connectivity index (χ0v) is 23.0. The second-order valence-electron chi connectivity index (χ2n) is 9.63. The number of carbonyl (C=O) groups is 2. The number of hydrogen-bond donors (Lipinski definition) is 0. The molecule has 1 amide bonds. The molecule has 3 aromatic carbocycles. The van der Waals surface area contributed by atoms with Crippen LogP contribution in [0.1, 0.15) is 70.3 Å². The number of fused-ring (bicyclic) bond motifs is 2. The van der Waals surface area contributed by atoms with Crippen molar-refractivity contribution in [2.75, 3.05) is 25.2 Å². The summed E-state index contributed by atoms with van der Waals surface area (Å²) in [5.41, 5.74) is 2.74. The summed E-state index contributed by atoms with van der Waals surface area (Å²) in [6, 6.07) is 16.4. The minimum Gasteiger partial charge on any atom is -0.493 e. The van der Waals surface area contributed by atoms with Crippen LogP contribution in [-0.4, -0.2) is 32.2 Å². The summed E-state index contributed by atoms with van der Waals surface area (Å²) in [4.78, 5) is 41.8. The number of benzene rings is 3. The van der Waals surface area contributed by atoms with Crippen molar-refractivity contribution in [3.05, 3.63) is 98.9 Å². The SMILES string of the molecule is CCCCOC(=O)c1ccc(N2C(=O)c3oc4ccc(C)cc4c(=O)c3C2c2ccc(OCC)c(OC)c2)cc1. The fourth-order valence-corrected chi connectivity index (χ4v) is 4.95. The molecule has 1 aliphatic rings. The highest BCUT2D eigenvalue weighted by Crippen LogP contribution is 2.43. The Morgan fingerprint density at radius 1 is 0.975 bits per heavy atom. The number of esters is 1. The standard InChI is InChI=1S/C32H31NO7/c1-5-7-16-39-32(36)20-9-12-22(13-10-20)33-28(21-11-15-25(38-6-2)26(18-21)37-4)27-29(34)23-17-19(3)8-14-24(23)40-30(27)31(33)35/h8-15,17-18,28H,5-7,16H2,1-4H3. The average molecular weight is 542 g/mol. The lowest BCUT2D eigenvalue weighted by Crippen LogP contribution is -2.29. The molecule has 0 bridgehead atoms. The molecule has 5 rings (SSSR count). The van der Waals surface area contributed by atoms with Gasteiger partial charge in [-0.2, -0.15) is 0 Å². The molecule has 2 heterocycles. The first-order chi connectivity index (χ1) is 19.4. The molecule has 1 aromatic heterocycles. The molecule has 0 saturated carbocycles. The second kappa shape index (κ2) is 11.3. The van der Waals surface area contributed by atoms with Gasteiger partial charge in [-0.3, -0.25) is 14.5 Å². The van der Waals surface area contributed by atoms with Crippen LogP contribution in [0.2, 0.25) is 0 Å². The van der Waals surface area contributed by atoms with Crippen molar-refractivity contribution in [3.8, 4) is 11.5 Å². The number of hydrogen-bond acceptors (Lipinski definition) is 7. The summed E-state index contributed by atoms with van der Waals surface area (Å²) in [6.07, 6.45) is 1.70. The van der Waals surface area contributed by atoms with Crippen molar-refractivity contribution in [2.45, 2.75) is 39.7 Å². The normalized spacial score (nSPS) is 14.3. The van der Waals surface area contributed by atoms with Crippen LogP contribution in [0.3, 0.4) is 0 Å². The molecule has 4 aromatic rings. The molecule has 1 atom stereocenters. The lowest BCUT2D eigenvalue weighted by atomic mass is 9.97. The predicted octanol–water partition coefficient (Wildman–Crippen LogP) is 6.22. The maximum absolute atomic E-state index is 13.9. The highest BCUT2D eigenvalue weighted by Gasteiger charge is 2.44. The third kappa shape index (κ3) is 4.81. The van der Waals surface area contributed by atoms with Crippen molar-refractivity contribution in [1.82, 2.24) is 0 Å². The van der Waals surface area contributed by atoms with Crippen molar-refractivity contribution >= 4 is 28.5 Å². The van der Waals surface area contributed by atoms with E-state index in [1.54, 1.807) is 48.5 Å². The number of ether oxygens (including phenoxy) is 3. The van der Waals surface area contributed by atoms with Gasteiger partial charge < -0.3 is 18.6 Å². The first-order valence-electron chi connectivity index (χ1n) is 13.4. The molecule has 1 unspecified atom stereocenters. The van der Waals surface area contributed by atoms with E-state index in [1.165, 1.54) is 12.0 Å². The lowest BCUT2D eigenvalue weighted by Gasteiger charge is -2.26. The molecule has 206 valence electrons. The first kappa shape index (κ1) is 27.0. The van der Waals surface area contributed by atoms with Crippen LogP contribution in [0.25, 0.3) is 11.0 Å². The summed E-state index contributed by atoms with van der Waals surface area (Å²) in [6.45, 7) is 6.59. The third-order valence-corrected chi connectivity index (χ3v) is 6.94. The molecule has 8 nitrogen and oxygen atoms in total. The quantitative estimate of drug-likeness (QED) is 0.183. The van der Waals surface area contributed by atoms with E-state index in [9.17, 15) is 14.4 Å². The molecular formula is C32H31NO7. The van der Waals surface area contributed by atoms with E-state index in [-0.39, 0.29) is 16.8 Å². The number of rotatable bonds is 9. The fourth-order valence-electron chi connectivity index (χ4n) is 4.95. The molecule has 0 spiro atoms. The van der Waals surface area contributed by atoms with Gasteiger partial charge in [0.25, 0.3) is 5.91 Å². The van der Waals surface area contributed by atoms with Gasteiger partial charge in [-0.15, -0.1) is 0 Å². The summed E-state index contributed by atoms with van der Waals surface area (Å²) in [7, 11) is 1.54. The molecule has 0 aliphatic carbocycles. The van der Waals surface area contributed by atoms with Gasteiger partial charge >= 0.3 is 5.97 Å². The second-order valence-corrected chi connectivity index (χ2v) is 9.63. The summed E-state index contributed by atoms with van der Waals surface area (Å²) in [5.74, 6) is 0.138. The van der Waals surface area contributed by atoms with Crippen LogP contribution in [0.5, 0.6) is 11.5 Å². The number of aryl methyl sites for hydroxylation is 1. The summed E-state index contributed by atoms with van der Waals surface area (Å²) in [5, 5.41) is 0.404. The molecular weight excluding hydrogens is 510 g/mol. The van der Waals surface area contributed by atoms with E-state index in [0.29, 0.717) is 52.5 Å². The largest absolute Gasteiger partial charge is 0.493 e. The van der Waals surface area contributed by atoms with Gasteiger partial charge in [-0.1, -0.05) is 31.0 Å². The van der Waals surface area contributed by atoms with E-state index in [2.05, 4.69) is 0 Å². The van der Waals surface area contributed by atoms with Crippen molar-refractivity contribution in [1.29, 1.82) is 0 Å². The number of anilines is 1. The Morgan fingerprint density at radius 3 is 2.45 bits per heavy atom. The molecule has 0 radical (unpaired) electrons. The number of carbonyl (C=O) groups excluding carboxylic acids is 2. The first-order valence-corrected chi connectivity index (χ1v) is 13.4. The van der Waals surface area contributed by atoms with Crippen LogP contribution >= 0.6 is 0 Å². The van der Waals surface area contributed by atoms with Crippen LogP contribution in [0, 0.1) is 6.92 Å². The van der Waals surface area contributed by atoms with Crippen molar-refractivity contribution in [3.63, 3.8) is 0 Å². The van der Waals surface area contributed by atoms with Gasteiger partial charge in [0.2, 0.25) is 5.76 Å². The van der Waals surface area contributed by atoms with Crippen LogP contribution in [-0.2, 0) is 4.74 Å². The van der Waals surface area contributed by atoms with E-state index >= 15 is 0 Å². The minimum atomic E-state index is -0.796. The Labute approximate surface area is 232 Å². The zero-order chi connectivity index (χ0) is 28.4. The number of methoxy groups -OCH3 is 1. The topological polar surface area (TPSA) is 95.3 Å². The summed E-state index contributed by atoms with van der Waals surface area (Å²) >= 11 is 0. The Balaban J connectivity index is 1.65. The van der Waals surface area contributed by atoms with E-state index in [0.717, 1.165) is 18.4 Å². The summed E-state index contributed by atoms with van der Waals surface area (Å²) < 4.78 is 22.6. The number of nitrogens with zero attached hydrogens (tertiary/aromatic N) is 1. The van der Waals surface area contributed by atoms with Crippen molar-refractivity contribution in [2.24, 2.45) is 0 Å². The number of unbranched alkanes of at least 4 members (excludes halogenated alkanes) is 1. The third-order valence-electron chi connectivity index (χ3n) is 6.94. The maximum Gasteiger partial charge on any atom is 0.338 e. The Morgan fingerprint density at radius 2 is 1.75 bits per heavy atom. The minimum absolute atomic E-state index is 0.0118. The monoisotopic (exact) mass is 541 g/mol. The fraction of sp³-hybridized carbons (Fsp3) is 0.281. The maximum atomic E-state index is 13.9. The van der Waals surface area contributed by atoms with Gasteiger partial charge in [0, 0.05) is 5.69 Å². The van der Waals surface area contributed by atoms with Gasteiger partial charge in [0.1, 0.15) is 5.58 Å². The smallest absolute Gasteiger partial charge is 0.338 e. The van der Waals surface area contributed by atoms with Gasteiger partial charge in [-0.25, -0.2) is 4.79 Å². The lowest BCUT2D eigenvalue weighted by molar-refractivity contribution is 0.0499. The van der Waals surface area contributed by atoms with E-state index in [4.69, 9.17) is 18.6 Å². The van der Waals surface area contributed by atoms with E-state index in [1.807, 2.05) is 32.9 Å². The zero-order valence-electron chi connectivity index (χ0n) is 23.0. The molecule has 8 heteroatoms. The average Bonchev–Trinajstić information content (AvgIpc) is 3.26. The highest BCUT2D eigenvalue weighted by molar-refractivity contribution is 6.11. The van der Waals surface area contributed by atoms with Gasteiger partial charge in [0.15, 0.2) is 16.9 Å². The van der Waals surface area contributed by atoms with Crippen LogP contribution in [0.15, 0.2) is 69.9 Å².